The first-order valence-electron chi connectivity index (χ1n) is 5.41. The maximum absolute atomic E-state index is 12.3. The van der Waals surface area contributed by atoms with Crippen LogP contribution in [0.3, 0.4) is 0 Å². The summed E-state index contributed by atoms with van der Waals surface area (Å²) >= 11 is 0. The summed E-state index contributed by atoms with van der Waals surface area (Å²) in [4.78, 5) is 0. The minimum absolute atomic E-state index is 0.0467. The molecule has 4 nitrogen and oxygen atoms in total. The molecule has 1 fully saturated rings. The molecular formula is C10H22N2O2S. The minimum atomic E-state index is -3.19. The maximum atomic E-state index is 12.3. The van der Waals surface area contributed by atoms with Gasteiger partial charge in [-0.25, -0.2) is 8.42 Å². The lowest BCUT2D eigenvalue weighted by atomic mass is 10.2. The van der Waals surface area contributed by atoms with Crippen molar-refractivity contribution in [2.45, 2.75) is 51.4 Å². The second kappa shape index (κ2) is 4.03. The third-order valence-electron chi connectivity index (χ3n) is 2.79. The average Bonchev–Trinajstić information content (AvgIpc) is 2.07. The summed E-state index contributed by atoms with van der Waals surface area (Å²) in [6.07, 6.45) is 0. The quantitative estimate of drug-likeness (QED) is 0.730. The topological polar surface area (TPSA) is 49.4 Å². The Morgan fingerprint density at radius 3 is 2.27 bits per heavy atom. The molecule has 1 aliphatic heterocycles. The zero-order valence-corrected chi connectivity index (χ0v) is 11.1. The van der Waals surface area contributed by atoms with Crippen LogP contribution in [-0.2, 0) is 10.0 Å². The summed E-state index contributed by atoms with van der Waals surface area (Å²) in [5.74, 6) is 0. The van der Waals surface area contributed by atoms with Crippen LogP contribution in [0.15, 0.2) is 0 Å². The maximum Gasteiger partial charge on any atom is 0.219 e. The van der Waals surface area contributed by atoms with Crippen LogP contribution < -0.4 is 5.32 Å². The summed E-state index contributed by atoms with van der Waals surface area (Å²) in [5, 5.41) is 3.28. The van der Waals surface area contributed by atoms with Gasteiger partial charge in [0.15, 0.2) is 0 Å². The zero-order chi connectivity index (χ0) is 11.9. The van der Waals surface area contributed by atoms with Crippen molar-refractivity contribution in [3.8, 4) is 0 Å². The second-order valence-corrected chi connectivity index (χ2v) is 7.99. The van der Waals surface area contributed by atoms with Crippen molar-refractivity contribution in [3.05, 3.63) is 0 Å². The van der Waals surface area contributed by atoms with Gasteiger partial charge in [-0.2, -0.15) is 4.31 Å². The number of hydrogen-bond donors (Lipinski definition) is 1. The highest BCUT2D eigenvalue weighted by molar-refractivity contribution is 7.90. The van der Waals surface area contributed by atoms with E-state index in [1.165, 1.54) is 0 Å². The molecule has 0 amide bonds. The Morgan fingerprint density at radius 1 is 1.27 bits per heavy atom. The first-order chi connectivity index (χ1) is 6.66. The van der Waals surface area contributed by atoms with Crippen LogP contribution in [0.5, 0.6) is 0 Å². The Hall–Kier alpha value is -0.130. The number of sulfonamides is 1. The Morgan fingerprint density at radius 2 is 1.80 bits per heavy atom. The Kier molecular flexibility index (Phi) is 3.48. The van der Waals surface area contributed by atoms with E-state index in [9.17, 15) is 8.42 Å². The molecule has 0 aliphatic carbocycles. The van der Waals surface area contributed by atoms with Gasteiger partial charge in [0.1, 0.15) is 0 Å². The molecule has 0 spiro atoms. The van der Waals surface area contributed by atoms with Crippen LogP contribution in [-0.4, -0.2) is 42.6 Å². The molecule has 0 saturated carbocycles. The van der Waals surface area contributed by atoms with Crippen molar-refractivity contribution in [2.24, 2.45) is 0 Å². The van der Waals surface area contributed by atoms with Gasteiger partial charge in [0.25, 0.3) is 0 Å². The van der Waals surface area contributed by atoms with Gasteiger partial charge in [-0.05, 0) is 34.6 Å². The van der Waals surface area contributed by atoms with Gasteiger partial charge in [-0.15, -0.1) is 0 Å². The van der Waals surface area contributed by atoms with Gasteiger partial charge in [0.2, 0.25) is 10.0 Å². The van der Waals surface area contributed by atoms with Gasteiger partial charge in [-0.1, -0.05) is 0 Å². The number of piperazine rings is 1. The smallest absolute Gasteiger partial charge is 0.219 e. The summed E-state index contributed by atoms with van der Waals surface area (Å²) in [6.45, 7) is 10.5. The first-order valence-corrected chi connectivity index (χ1v) is 6.85. The van der Waals surface area contributed by atoms with Gasteiger partial charge in [0, 0.05) is 25.2 Å². The van der Waals surface area contributed by atoms with E-state index in [-0.39, 0.29) is 12.1 Å². The Labute approximate surface area is 93.1 Å². The normalized spacial score (nSPS) is 30.5. The minimum Gasteiger partial charge on any atom is -0.311 e. The van der Waals surface area contributed by atoms with Crippen molar-refractivity contribution < 1.29 is 8.42 Å². The molecule has 1 saturated heterocycles. The van der Waals surface area contributed by atoms with E-state index < -0.39 is 14.8 Å². The van der Waals surface area contributed by atoms with Crippen LogP contribution in [0.2, 0.25) is 0 Å². The number of nitrogens with zero attached hydrogens (tertiary/aromatic N) is 1. The highest BCUT2D eigenvalue weighted by Gasteiger charge is 2.39. The molecule has 0 aromatic carbocycles. The average molecular weight is 234 g/mol. The van der Waals surface area contributed by atoms with Gasteiger partial charge in [-0.3, -0.25) is 0 Å². The molecule has 0 aromatic heterocycles. The third-order valence-corrected chi connectivity index (χ3v) is 5.46. The molecule has 90 valence electrons. The largest absolute Gasteiger partial charge is 0.311 e. The molecule has 15 heavy (non-hydrogen) atoms. The summed E-state index contributed by atoms with van der Waals surface area (Å²) in [5.41, 5.74) is 0. The lowest BCUT2D eigenvalue weighted by Gasteiger charge is -2.39. The van der Waals surface area contributed by atoms with Crippen molar-refractivity contribution in [3.63, 3.8) is 0 Å². The monoisotopic (exact) mass is 234 g/mol. The van der Waals surface area contributed by atoms with Crippen molar-refractivity contribution >= 4 is 10.0 Å². The van der Waals surface area contributed by atoms with Crippen LogP contribution in [0, 0.1) is 0 Å². The summed E-state index contributed by atoms with van der Waals surface area (Å²) < 4.78 is 25.4. The lowest BCUT2D eigenvalue weighted by molar-refractivity contribution is 0.239. The molecule has 0 radical (unpaired) electrons. The highest BCUT2D eigenvalue weighted by atomic mass is 32.2. The molecule has 0 bridgehead atoms. The predicted octanol–water partition coefficient (Wildman–Crippen LogP) is 0.797. The van der Waals surface area contributed by atoms with Crippen LogP contribution in [0.25, 0.3) is 0 Å². The molecule has 5 heteroatoms. The molecule has 1 heterocycles. The number of rotatable bonds is 1. The molecular weight excluding hydrogens is 212 g/mol. The molecule has 1 N–H and O–H groups in total. The fourth-order valence-corrected chi connectivity index (χ4v) is 3.35. The number of nitrogens with one attached hydrogen (secondary N) is 1. The van der Waals surface area contributed by atoms with Gasteiger partial charge >= 0.3 is 0 Å². The molecule has 2 unspecified atom stereocenters. The van der Waals surface area contributed by atoms with Crippen molar-refractivity contribution in [2.75, 3.05) is 13.1 Å². The zero-order valence-electron chi connectivity index (χ0n) is 10.2. The second-order valence-electron chi connectivity index (χ2n) is 5.35. The number of hydrogen-bond acceptors (Lipinski definition) is 3. The molecule has 1 rings (SSSR count). The van der Waals surface area contributed by atoms with E-state index in [0.717, 1.165) is 6.54 Å². The third kappa shape index (κ3) is 2.52. The van der Waals surface area contributed by atoms with E-state index >= 15 is 0 Å². The van der Waals surface area contributed by atoms with E-state index in [0.29, 0.717) is 6.54 Å². The van der Waals surface area contributed by atoms with Gasteiger partial charge < -0.3 is 5.32 Å². The first kappa shape index (κ1) is 12.9. The lowest BCUT2D eigenvalue weighted by Crippen LogP contribution is -2.59. The van der Waals surface area contributed by atoms with Crippen molar-refractivity contribution in [1.29, 1.82) is 0 Å². The standard InChI is InChI=1S/C10H22N2O2S/c1-8-7-12(9(2)6-11-8)15(13,14)10(3,4)5/h8-9,11H,6-7H2,1-5H3. The van der Waals surface area contributed by atoms with Crippen LogP contribution >= 0.6 is 0 Å². The van der Waals surface area contributed by atoms with E-state index in [2.05, 4.69) is 5.32 Å². The Balaban J connectivity index is 2.96. The summed E-state index contributed by atoms with van der Waals surface area (Å²) in [7, 11) is -3.19. The highest BCUT2D eigenvalue weighted by Crippen LogP contribution is 2.23. The molecule has 1 aliphatic rings. The van der Waals surface area contributed by atoms with E-state index in [1.54, 1.807) is 25.1 Å². The van der Waals surface area contributed by atoms with Crippen molar-refractivity contribution in [1.82, 2.24) is 9.62 Å². The molecule has 2 atom stereocenters. The van der Waals surface area contributed by atoms with Gasteiger partial charge in [0.05, 0.1) is 4.75 Å². The van der Waals surface area contributed by atoms with Crippen LogP contribution in [0.1, 0.15) is 34.6 Å². The van der Waals surface area contributed by atoms with Crippen LogP contribution in [0.4, 0.5) is 0 Å². The molecule has 0 aromatic rings. The predicted molar refractivity (Wildman–Crippen MR) is 62.3 cm³/mol. The summed E-state index contributed by atoms with van der Waals surface area (Å²) in [6, 6.07) is 0.281. The fraction of sp³-hybridized carbons (Fsp3) is 1.00. The fourth-order valence-electron chi connectivity index (χ4n) is 1.67. The van der Waals surface area contributed by atoms with E-state index in [1.807, 2.05) is 13.8 Å². The SMILES string of the molecule is CC1CN(S(=O)(=O)C(C)(C)C)C(C)CN1. The van der Waals surface area contributed by atoms with E-state index in [4.69, 9.17) is 0 Å². The Bertz CT molecular complexity index is 319.